The first kappa shape index (κ1) is 18.6. The molecule has 0 aliphatic heterocycles. The lowest BCUT2D eigenvalue weighted by atomic mass is 10.1. The van der Waals surface area contributed by atoms with Crippen molar-refractivity contribution in [2.24, 2.45) is 7.05 Å². The van der Waals surface area contributed by atoms with Gasteiger partial charge in [0.1, 0.15) is 0 Å². The van der Waals surface area contributed by atoms with Crippen LogP contribution in [-0.2, 0) is 16.6 Å². The number of amides is 1. The Morgan fingerprint density at radius 2 is 1.89 bits per heavy atom. The number of aromatic nitrogens is 3. The molecule has 140 valence electrons. The van der Waals surface area contributed by atoms with Gasteiger partial charge in [0, 0.05) is 18.1 Å². The Balaban J connectivity index is 1.79. The minimum absolute atomic E-state index is 0.395. The molecular weight excluding hydrogens is 344 g/mol. The van der Waals surface area contributed by atoms with Crippen LogP contribution in [-0.4, -0.2) is 32.7 Å². The van der Waals surface area contributed by atoms with Gasteiger partial charge in [-0.15, -0.1) is 0 Å². The van der Waals surface area contributed by atoms with E-state index >= 15 is 0 Å². The molecule has 1 amide bonds. The van der Waals surface area contributed by atoms with Crippen LogP contribution in [0.4, 0.5) is 5.69 Å². The van der Waals surface area contributed by atoms with Crippen LogP contribution in [0, 0.1) is 20.8 Å². The number of esters is 1. The highest BCUT2D eigenvalue weighted by atomic mass is 16.5. The number of hydrogen-bond acceptors (Lipinski definition) is 5. The van der Waals surface area contributed by atoms with E-state index in [9.17, 15) is 9.59 Å². The summed E-state index contributed by atoms with van der Waals surface area (Å²) in [5.41, 5.74) is 3.98. The maximum Gasteiger partial charge on any atom is 0.339 e. The summed E-state index contributed by atoms with van der Waals surface area (Å²) < 4.78 is 7.10. The van der Waals surface area contributed by atoms with Crippen LogP contribution in [0.1, 0.15) is 34.4 Å². The van der Waals surface area contributed by atoms with Crippen LogP contribution in [0.25, 0.3) is 10.9 Å². The number of nitrogens with one attached hydrogen (secondary N) is 1. The molecule has 1 aromatic carbocycles. The molecular formula is C20H22N4O3. The second kappa shape index (κ2) is 7.19. The molecule has 0 unspecified atom stereocenters. The number of carbonyl (C=O) groups excluding carboxylic acids is 2. The van der Waals surface area contributed by atoms with Crippen LogP contribution in [0.3, 0.4) is 0 Å². The number of nitrogens with zero attached hydrogens (tertiary/aromatic N) is 3. The number of fused-ring (bicyclic) bond motifs is 1. The Labute approximate surface area is 157 Å². The lowest BCUT2D eigenvalue weighted by Gasteiger charge is -2.15. The molecule has 0 saturated carbocycles. The zero-order valence-corrected chi connectivity index (χ0v) is 16.0. The molecule has 3 rings (SSSR count). The summed E-state index contributed by atoms with van der Waals surface area (Å²) in [6.45, 7) is 7.03. The van der Waals surface area contributed by atoms with Gasteiger partial charge in [-0.3, -0.25) is 14.5 Å². The smallest absolute Gasteiger partial charge is 0.339 e. The van der Waals surface area contributed by atoms with Crippen molar-refractivity contribution in [3.8, 4) is 0 Å². The quantitative estimate of drug-likeness (QED) is 0.717. The molecule has 0 bridgehead atoms. The second-order valence-corrected chi connectivity index (χ2v) is 6.53. The van der Waals surface area contributed by atoms with Crippen LogP contribution < -0.4 is 5.32 Å². The van der Waals surface area contributed by atoms with Gasteiger partial charge in [0.15, 0.2) is 6.10 Å². The first-order valence-corrected chi connectivity index (χ1v) is 8.66. The van der Waals surface area contributed by atoms with Crippen LogP contribution in [0.5, 0.6) is 0 Å². The number of para-hydroxylation sites is 1. The summed E-state index contributed by atoms with van der Waals surface area (Å²) in [4.78, 5) is 29.6. The fraction of sp³-hybridized carbons (Fsp3) is 0.300. The van der Waals surface area contributed by atoms with E-state index in [1.807, 2.05) is 45.0 Å². The molecule has 0 aliphatic rings. The van der Waals surface area contributed by atoms with E-state index in [1.165, 1.54) is 0 Å². The van der Waals surface area contributed by atoms with Gasteiger partial charge in [-0.05, 0) is 39.8 Å². The third-order valence-corrected chi connectivity index (χ3v) is 4.47. The summed E-state index contributed by atoms with van der Waals surface area (Å²) in [5.74, 6) is -0.961. The molecule has 0 fully saturated rings. The summed E-state index contributed by atoms with van der Waals surface area (Å²) in [6.07, 6.45) is -0.955. The van der Waals surface area contributed by atoms with E-state index in [0.29, 0.717) is 33.5 Å². The number of pyridine rings is 1. The third kappa shape index (κ3) is 3.67. The summed E-state index contributed by atoms with van der Waals surface area (Å²) in [7, 11) is 1.80. The molecule has 0 radical (unpaired) electrons. The monoisotopic (exact) mass is 366 g/mol. The van der Waals surface area contributed by atoms with Crippen LogP contribution in [0.2, 0.25) is 0 Å². The normalized spacial score (nSPS) is 12.0. The number of anilines is 1. The van der Waals surface area contributed by atoms with Crippen molar-refractivity contribution in [1.82, 2.24) is 14.8 Å². The van der Waals surface area contributed by atoms with Crippen molar-refractivity contribution < 1.29 is 14.3 Å². The number of aryl methyl sites for hydroxylation is 3. The Morgan fingerprint density at radius 3 is 2.56 bits per heavy atom. The van der Waals surface area contributed by atoms with Crippen LogP contribution in [0.15, 0.2) is 30.3 Å². The highest BCUT2D eigenvalue weighted by molar-refractivity contribution is 6.05. The van der Waals surface area contributed by atoms with E-state index in [0.717, 1.165) is 5.69 Å². The standard InChI is InChI=1S/C20H22N4O3/c1-11-10-16(15-8-6-7-9-17(15)21-11)20(26)27-14(4)19(25)22-18-12(2)23-24(5)13(18)3/h6-10,14H,1-5H3,(H,22,25)/t14-/m0/s1. The number of hydrogen-bond donors (Lipinski definition) is 1. The number of carbonyl (C=O) groups is 2. The molecule has 27 heavy (non-hydrogen) atoms. The zero-order valence-electron chi connectivity index (χ0n) is 16.0. The van der Waals surface area contributed by atoms with E-state index in [1.54, 1.807) is 24.7 Å². The fourth-order valence-corrected chi connectivity index (χ4v) is 2.93. The SMILES string of the molecule is Cc1cc(C(=O)O[C@@H](C)C(=O)Nc2c(C)nn(C)c2C)c2ccccc2n1. The van der Waals surface area contributed by atoms with Crippen LogP contribution >= 0.6 is 0 Å². The largest absolute Gasteiger partial charge is 0.449 e. The van der Waals surface area contributed by atoms with Crippen molar-refractivity contribution in [3.05, 3.63) is 53.0 Å². The van der Waals surface area contributed by atoms with Crippen molar-refractivity contribution >= 4 is 28.5 Å². The Hall–Kier alpha value is -3.22. The predicted molar refractivity (Wildman–Crippen MR) is 103 cm³/mol. The topological polar surface area (TPSA) is 86.1 Å². The van der Waals surface area contributed by atoms with Crippen molar-refractivity contribution in [2.75, 3.05) is 5.32 Å². The average Bonchev–Trinajstić information content (AvgIpc) is 2.86. The molecule has 1 N–H and O–H groups in total. The van der Waals surface area contributed by atoms with E-state index in [4.69, 9.17) is 4.74 Å². The molecule has 3 aromatic rings. The highest BCUT2D eigenvalue weighted by Gasteiger charge is 2.23. The van der Waals surface area contributed by atoms with E-state index in [2.05, 4.69) is 15.4 Å². The average molecular weight is 366 g/mol. The lowest BCUT2D eigenvalue weighted by molar-refractivity contribution is -0.123. The van der Waals surface area contributed by atoms with Gasteiger partial charge in [0.05, 0.1) is 28.2 Å². The van der Waals surface area contributed by atoms with Gasteiger partial charge in [0.2, 0.25) is 0 Å². The number of rotatable bonds is 4. The highest BCUT2D eigenvalue weighted by Crippen LogP contribution is 2.21. The zero-order chi connectivity index (χ0) is 19.7. The molecule has 0 saturated heterocycles. The van der Waals surface area contributed by atoms with Gasteiger partial charge in [-0.2, -0.15) is 5.10 Å². The molecule has 2 aromatic heterocycles. The maximum atomic E-state index is 12.7. The van der Waals surface area contributed by atoms with E-state index < -0.39 is 18.0 Å². The molecule has 7 nitrogen and oxygen atoms in total. The Morgan fingerprint density at radius 1 is 1.19 bits per heavy atom. The van der Waals surface area contributed by atoms with Gasteiger partial charge in [0.25, 0.3) is 5.91 Å². The predicted octanol–water partition coefficient (Wildman–Crippen LogP) is 3.08. The molecule has 0 spiro atoms. The molecule has 0 aliphatic carbocycles. The van der Waals surface area contributed by atoms with E-state index in [-0.39, 0.29) is 0 Å². The number of ether oxygens (including phenoxy) is 1. The Bertz CT molecular complexity index is 1040. The van der Waals surface area contributed by atoms with Gasteiger partial charge in [-0.1, -0.05) is 18.2 Å². The molecule has 1 atom stereocenters. The third-order valence-electron chi connectivity index (χ3n) is 4.47. The summed E-state index contributed by atoms with van der Waals surface area (Å²) in [6, 6.07) is 9.01. The fourth-order valence-electron chi connectivity index (χ4n) is 2.93. The van der Waals surface area contributed by atoms with Gasteiger partial charge >= 0.3 is 5.97 Å². The minimum Gasteiger partial charge on any atom is -0.449 e. The first-order chi connectivity index (χ1) is 12.8. The van der Waals surface area contributed by atoms with Crippen molar-refractivity contribution in [3.63, 3.8) is 0 Å². The summed E-state index contributed by atoms with van der Waals surface area (Å²) in [5, 5.41) is 7.75. The van der Waals surface area contributed by atoms with Crippen molar-refractivity contribution in [1.29, 1.82) is 0 Å². The number of benzene rings is 1. The minimum atomic E-state index is -0.955. The lowest BCUT2D eigenvalue weighted by Crippen LogP contribution is -2.30. The Kier molecular flexibility index (Phi) is 4.94. The van der Waals surface area contributed by atoms with Gasteiger partial charge < -0.3 is 10.1 Å². The van der Waals surface area contributed by atoms with Crippen molar-refractivity contribution in [2.45, 2.75) is 33.8 Å². The molecule has 2 heterocycles. The summed E-state index contributed by atoms with van der Waals surface area (Å²) >= 11 is 0. The maximum absolute atomic E-state index is 12.7. The first-order valence-electron chi connectivity index (χ1n) is 8.66. The molecule has 7 heteroatoms. The second-order valence-electron chi connectivity index (χ2n) is 6.53. The van der Waals surface area contributed by atoms with Gasteiger partial charge in [-0.25, -0.2) is 4.79 Å².